The van der Waals surface area contributed by atoms with E-state index in [-0.39, 0.29) is 11.8 Å². The van der Waals surface area contributed by atoms with Gasteiger partial charge in [-0.15, -0.1) is 0 Å². The number of amides is 2. The van der Waals surface area contributed by atoms with Crippen molar-refractivity contribution in [2.24, 2.45) is 0 Å². The second-order valence-corrected chi connectivity index (χ2v) is 6.98. The fourth-order valence-corrected chi connectivity index (χ4v) is 3.18. The number of carbonyl (C=O) groups excluding carboxylic acids is 1. The first-order chi connectivity index (χ1) is 10.6. The van der Waals surface area contributed by atoms with Crippen LogP contribution in [0.4, 0.5) is 4.79 Å². The molecule has 0 heterocycles. The second kappa shape index (κ2) is 10.2. The van der Waals surface area contributed by atoms with Gasteiger partial charge in [0.2, 0.25) is 0 Å². The van der Waals surface area contributed by atoms with Crippen LogP contribution in [0.3, 0.4) is 0 Å². The quantitative estimate of drug-likeness (QED) is 0.639. The Morgan fingerprint density at radius 3 is 2.32 bits per heavy atom. The summed E-state index contributed by atoms with van der Waals surface area (Å²) in [5.74, 6) is 0.0190. The number of carbonyl (C=O) groups is 1. The highest BCUT2D eigenvalue weighted by molar-refractivity contribution is 7.91. The highest BCUT2D eigenvalue weighted by Crippen LogP contribution is 2.10. The molecule has 2 amide bonds. The van der Waals surface area contributed by atoms with E-state index >= 15 is 0 Å². The number of urea groups is 1. The fraction of sp³-hybridized carbons (Fsp3) is 0.533. The summed E-state index contributed by atoms with van der Waals surface area (Å²) in [6.07, 6.45) is 2.13. The average Bonchev–Trinajstić information content (AvgIpc) is 2.52. The highest BCUT2D eigenvalue weighted by Gasteiger charge is 2.13. The topological polar surface area (TPSA) is 84.5 Å². The molecule has 124 valence electrons. The number of hydrogen-bond donors (Lipinski definition) is 2. The van der Waals surface area contributed by atoms with Crippen LogP contribution in [0.1, 0.15) is 19.3 Å². The predicted molar refractivity (Wildman–Crippen MR) is 85.6 cm³/mol. The van der Waals surface area contributed by atoms with E-state index in [0.717, 1.165) is 12.8 Å². The molecule has 0 atom stereocenters. The first-order valence-electron chi connectivity index (χ1n) is 7.34. The summed E-state index contributed by atoms with van der Waals surface area (Å²) in [7, 11) is -1.63. The summed E-state index contributed by atoms with van der Waals surface area (Å²) in [6.45, 7) is 1.59. The van der Waals surface area contributed by atoms with E-state index in [1.165, 1.54) is 0 Å². The monoisotopic (exact) mass is 328 g/mol. The standard InChI is InChI=1S/C15H24N2O4S/c1-21-12-6-5-10-16-15(18)17-11-7-13-22(19,20)14-8-3-2-4-9-14/h2-4,8-9H,5-7,10-13H2,1H3,(H2,16,17,18). The molecule has 0 aliphatic carbocycles. The first-order valence-corrected chi connectivity index (χ1v) is 9.00. The van der Waals surface area contributed by atoms with Crippen molar-refractivity contribution >= 4 is 15.9 Å². The summed E-state index contributed by atoms with van der Waals surface area (Å²) >= 11 is 0. The molecular weight excluding hydrogens is 304 g/mol. The van der Waals surface area contributed by atoms with Crippen molar-refractivity contribution < 1.29 is 17.9 Å². The van der Waals surface area contributed by atoms with Crippen LogP contribution in [0, 0.1) is 0 Å². The van der Waals surface area contributed by atoms with Gasteiger partial charge in [-0.2, -0.15) is 0 Å². The van der Waals surface area contributed by atoms with Crippen molar-refractivity contribution in [3.63, 3.8) is 0 Å². The third-order valence-electron chi connectivity index (χ3n) is 3.04. The molecule has 0 bridgehead atoms. The second-order valence-electron chi connectivity index (χ2n) is 4.87. The number of rotatable bonds is 10. The van der Waals surface area contributed by atoms with Crippen molar-refractivity contribution in [3.05, 3.63) is 30.3 Å². The van der Waals surface area contributed by atoms with Crippen molar-refractivity contribution in [3.8, 4) is 0 Å². The summed E-state index contributed by atoms with van der Waals surface area (Å²) in [6, 6.07) is 8.06. The number of ether oxygens (including phenoxy) is 1. The van der Waals surface area contributed by atoms with Crippen molar-refractivity contribution in [1.29, 1.82) is 0 Å². The predicted octanol–water partition coefficient (Wildman–Crippen LogP) is 1.58. The van der Waals surface area contributed by atoms with E-state index < -0.39 is 9.84 Å². The number of hydrogen-bond acceptors (Lipinski definition) is 4. The third-order valence-corrected chi connectivity index (χ3v) is 4.86. The smallest absolute Gasteiger partial charge is 0.314 e. The number of benzene rings is 1. The van der Waals surface area contributed by atoms with Crippen LogP contribution in [-0.4, -0.2) is 47.0 Å². The molecule has 1 aromatic rings. The molecule has 0 unspecified atom stereocenters. The Morgan fingerprint density at radius 2 is 1.68 bits per heavy atom. The minimum atomic E-state index is -3.27. The lowest BCUT2D eigenvalue weighted by Gasteiger charge is -2.08. The van der Waals surface area contributed by atoms with Crippen LogP contribution in [0.15, 0.2) is 35.2 Å². The maximum Gasteiger partial charge on any atom is 0.314 e. The molecule has 0 spiro atoms. The molecule has 0 fully saturated rings. The van der Waals surface area contributed by atoms with Gasteiger partial charge in [-0.05, 0) is 31.4 Å². The largest absolute Gasteiger partial charge is 0.385 e. The molecule has 0 aliphatic rings. The molecule has 0 aromatic heterocycles. The minimum Gasteiger partial charge on any atom is -0.385 e. The van der Waals surface area contributed by atoms with E-state index in [0.29, 0.717) is 31.0 Å². The molecule has 1 rings (SSSR count). The Hall–Kier alpha value is -1.60. The van der Waals surface area contributed by atoms with E-state index in [1.54, 1.807) is 37.4 Å². The van der Waals surface area contributed by atoms with Gasteiger partial charge in [0.1, 0.15) is 0 Å². The zero-order valence-electron chi connectivity index (χ0n) is 12.9. The van der Waals surface area contributed by atoms with Crippen LogP contribution in [-0.2, 0) is 14.6 Å². The Kier molecular flexibility index (Phi) is 8.54. The van der Waals surface area contributed by atoms with E-state index in [2.05, 4.69) is 10.6 Å². The zero-order chi connectivity index (χ0) is 16.3. The van der Waals surface area contributed by atoms with Gasteiger partial charge in [-0.25, -0.2) is 13.2 Å². The molecular formula is C15H24N2O4S. The maximum atomic E-state index is 12.0. The van der Waals surface area contributed by atoms with E-state index in [1.807, 2.05) is 0 Å². The Morgan fingerprint density at radius 1 is 1.05 bits per heavy atom. The normalized spacial score (nSPS) is 11.1. The van der Waals surface area contributed by atoms with Crippen molar-refractivity contribution in [2.75, 3.05) is 32.6 Å². The lowest BCUT2D eigenvalue weighted by atomic mass is 10.3. The van der Waals surface area contributed by atoms with Gasteiger partial charge >= 0.3 is 6.03 Å². The van der Waals surface area contributed by atoms with Gasteiger partial charge in [0.15, 0.2) is 9.84 Å². The molecule has 0 saturated carbocycles. The summed E-state index contributed by atoms with van der Waals surface area (Å²) in [5.41, 5.74) is 0. The average molecular weight is 328 g/mol. The van der Waals surface area contributed by atoms with E-state index in [9.17, 15) is 13.2 Å². The van der Waals surface area contributed by atoms with Gasteiger partial charge in [0.05, 0.1) is 10.6 Å². The summed E-state index contributed by atoms with van der Waals surface area (Å²) in [5, 5.41) is 5.37. The molecule has 7 heteroatoms. The van der Waals surface area contributed by atoms with Gasteiger partial charge in [0.25, 0.3) is 0 Å². The SMILES string of the molecule is COCCCCNC(=O)NCCCS(=O)(=O)c1ccccc1. The summed E-state index contributed by atoms with van der Waals surface area (Å²) < 4.78 is 28.9. The molecule has 22 heavy (non-hydrogen) atoms. The molecule has 0 radical (unpaired) electrons. The van der Waals surface area contributed by atoms with Crippen LogP contribution in [0.2, 0.25) is 0 Å². The van der Waals surface area contributed by atoms with E-state index in [4.69, 9.17) is 4.74 Å². The molecule has 2 N–H and O–H groups in total. The van der Waals surface area contributed by atoms with Gasteiger partial charge < -0.3 is 15.4 Å². The van der Waals surface area contributed by atoms with Gasteiger partial charge in [0, 0.05) is 26.8 Å². The lowest BCUT2D eigenvalue weighted by molar-refractivity contribution is 0.192. The minimum absolute atomic E-state index is 0.0190. The Balaban J connectivity index is 2.16. The van der Waals surface area contributed by atoms with Crippen LogP contribution < -0.4 is 10.6 Å². The number of sulfone groups is 1. The van der Waals surface area contributed by atoms with Gasteiger partial charge in [-0.1, -0.05) is 18.2 Å². The molecule has 6 nitrogen and oxygen atoms in total. The molecule has 1 aromatic carbocycles. The third kappa shape index (κ3) is 7.42. The maximum absolute atomic E-state index is 12.0. The van der Waals surface area contributed by atoms with Crippen LogP contribution in [0.5, 0.6) is 0 Å². The van der Waals surface area contributed by atoms with Crippen LogP contribution >= 0.6 is 0 Å². The number of unbranched alkanes of at least 4 members (excludes halogenated alkanes) is 1. The van der Waals surface area contributed by atoms with Crippen molar-refractivity contribution in [2.45, 2.75) is 24.2 Å². The molecule has 0 aliphatic heterocycles. The zero-order valence-corrected chi connectivity index (χ0v) is 13.7. The van der Waals surface area contributed by atoms with Gasteiger partial charge in [-0.3, -0.25) is 0 Å². The Labute approximate surface area is 132 Å². The van der Waals surface area contributed by atoms with Crippen LogP contribution in [0.25, 0.3) is 0 Å². The lowest BCUT2D eigenvalue weighted by Crippen LogP contribution is -2.37. The molecule has 0 saturated heterocycles. The number of nitrogens with one attached hydrogen (secondary N) is 2. The highest BCUT2D eigenvalue weighted by atomic mass is 32.2. The summed E-state index contributed by atoms with van der Waals surface area (Å²) in [4.78, 5) is 11.8. The number of methoxy groups -OCH3 is 1. The van der Waals surface area contributed by atoms with Crippen molar-refractivity contribution in [1.82, 2.24) is 10.6 Å². The Bertz CT molecular complexity index is 532. The fourth-order valence-electron chi connectivity index (χ4n) is 1.85. The first kappa shape index (κ1) is 18.4.